The highest BCUT2D eigenvalue weighted by molar-refractivity contribution is 6.27. The Labute approximate surface area is 169 Å². The predicted octanol–water partition coefficient (Wildman–Crippen LogP) is 2.94. The number of aromatic nitrogens is 2. The first-order valence-electron chi connectivity index (χ1n) is 9.76. The van der Waals surface area contributed by atoms with E-state index in [2.05, 4.69) is 39.6 Å². The van der Waals surface area contributed by atoms with Crippen LogP contribution in [0.25, 0.3) is 0 Å². The zero-order valence-corrected chi connectivity index (χ0v) is 16.2. The van der Waals surface area contributed by atoms with Gasteiger partial charge in [0.15, 0.2) is 0 Å². The summed E-state index contributed by atoms with van der Waals surface area (Å²) < 4.78 is 0. The minimum atomic E-state index is -1.82. The number of aliphatic carboxylic acids is 2. The minimum absolute atomic E-state index is 0.112. The van der Waals surface area contributed by atoms with Gasteiger partial charge in [0.2, 0.25) is 5.91 Å². The van der Waals surface area contributed by atoms with E-state index in [-0.39, 0.29) is 11.9 Å². The molecule has 8 nitrogen and oxygen atoms in total. The lowest BCUT2D eigenvalue weighted by molar-refractivity contribution is -0.159. The fourth-order valence-electron chi connectivity index (χ4n) is 3.51. The molecule has 1 aliphatic rings. The van der Waals surface area contributed by atoms with E-state index < -0.39 is 11.9 Å². The van der Waals surface area contributed by atoms with Crippen molar-refractivity contribution >= 4 is 17.8 Å². The van der Waals surface area contributed by atoms with E-state index in [0.29, 0.717) is 18.8 Å². The molecule has 1 amide bonds. The van der Waals surface area contributed by atoms with E-state index in [9.17, 15) is 4.79 Å². The number of rotatable bonds is 6. The van der Waals surface area contributed by atoms with Crippen molar-refractivity contribution in [3.8, 4) is 0 Å². The van der Waals surface area contributed by atoms with E-state index in [4.69, 9.17) is 19.8 Å². The Balaban J connectivity index is 0.000000438. The Morgan fingerprint density at radius 2 is 1.72 bits per heavy atom. The number of H-pyrrole nitrogens is 1. The Kier molecular flexibility index (Phi) is 8.88. The minimum Gasteiger partial charge on any atom is -0.473 e. The molecule has 156 valence electrons. The largest absolute Gasteiger partial charge is 0.473 e. The number of carboxylic acids is 2. The SMILES string of the molecule is O=C(CCc1ncc[nH]1)NC(c1ccccc1)C1CCCCC1.O=C(O)C(=O)O. The molecular weight excluding hydrogens is 374 g/mol. The van der Waals surface area contributed by atoms with Gasteiger partial charge in [-0.15, -0.1) is 0 Å². The number of carbonyl (C=O) groups is 3. The molecular formula is C21H27N3O5. The van der Waals surface area contributed by atoms with Crippen molar-refractivity contribution in [2.24, 2.45) is 5.92 Å². The van der Waals surface area contributed by atoms with Crippen LogP contribution in [0.5, 0.6) is 0 Å². The number of hydrogen-bond donors (Lipinski definition) is 4. The topological polar surface area (TPSA) is 132 Å². The van der Waals surface area contributed by atoms with Crippen molar-refractivity contribution < 1.29 is 24.6 Å². The summed E-state index contributed by atoms with van der Waals surface area (Å²) in [7, 11) is 0. The van der Waals surface area contributed by atoms with Gasteiger partial charge in [-0.2, -0.15) is 0 Å². The Morgan fingerprint density at radius 3 is 2.28 bits per heavy atom. The maximum atomic E-state index is 12.4. The van der Waals surface area contributed by atoms with Gasteiger partial charge in [0.1, 0.15) is 5.82 Å². The molecule has 0 bridgehead atoms. The van der Waals surface area contributed by atoms with Gasteiger partial charge < -0.3 is 20.5 Å². The van der Waals surface area contributed by atoms with E-state index in [1.54, 1.807) is 12.4 Å². The zero-order chi connectivity index (χ0) is 21.1. The fourth-order valence-corrected chi connectivity index (χ4v) is 3.51. The van der Waals surface area contributed by atoms with Crippen LogP contribution in [0.2, 0.25) is 0 Å². The Morgan fingerprint density at radius 1 is 1.07 bits per heavy atom. The summed E-state index contributed by atoms with van der Waals surface area (Å²) in [5.74, 6) is -2.11. The molecule has 0 spiro atoms. The quantitative estimate of drug-likeness (QED) is 0.550. The number of benzene rings is 1. The second-order valence-corrected chi connectivity index (χ2v) is 7.00. The molecule has 1 aliphatic carbocycles. The summed E-state index contributed by atoms with van der Waals surface area (Å²) in [6, 6.07) is 10.5. The number of carboxylic acid groups (broad SMARTS) is 2. The summed E-state index contributed by atoms with van der Waals surface area (Å²) in [4.78, 5) is 37.8. The molecule has 0 radical (unpaired) electrons. The molecule has 1 unspecified atom stereocenters. The number of imidazole rings is 1. The molecule has 1 aromatic carbocycles. The smallest absolute Gasteiger partial charge is 0.414 e. The number of amides is 1. The first-order valence-corrected chi connectivity index (χ1v) is 9.76. The second kappa shape index (κ2) is 11.6. The molecule has 1 aromatic heterocycles. The fraction of sp³-hybridized carbons (Fsp3) is 0.429. The first-order chi connectivity index (χ1) is 14.0. The third-order valence-corrected chi connectivity index (χ3v) is 4.92. The van der Waals surface area contributed by atoms with Crippen LogP contribution in [0.4, 0.5) is 0 Å². The zero-order valence-electron chi connectivity index (χ0n) is 16.2. The van der Waals surface area contributed by atoms with Crippen molar-refractivity contribution in [2.75, 3.05) is 0 Å². The van der Waals surface area contributed by atoms with Gasteiger partial charge in [0.05, 0.1) is 6.04 Å². The summed E-state index contributed by atoms with van der Waals surface area (Å²) in [6.07, 6.45) is 10.9. The normalized spacial score (nSPS) is 14.9. The van der Waals surface area contributed by atoms with Crippen LogP contribution in [0, 0.1) is 5.92 Å². The van der Waals surface area contributed by atoms with Gasteiger partial charge in [0.25, 0.3) is 0 Å². The molecule has 1 saturated carbocycles. The van der Waals surface area contributed by atoms with Crippen molar-refractivity contribution in [1.29, 1.82) is 0 Å². The molecule has 3 rings (SSSR count). The second-order valence-electron chi connectivity index (χ2n) is 7.00. The molecule has 29 heavy (non-hydrogen) atoms. The average Bonchev–Trinajstić information content (AvgIpc) is 3.26. The van der Waals surface area contributed by atoms with Gasteiger partial charge >= 0.3 is 11.9 Å². The monoisotopic (exact) mass is 401 g/mol. The number of aromatic amines is 1. The Bertz CT molecular complexity index is 759. The average molecular weight is 401 g/mol. The summed E-state index contributed by atoms with van der Waals surface area (Å²) in [5.41, 5.74) is 1.23. The van der Waals surface area contributed by atoms with E-state index in [1.807, 2.05) is 6.07 Å². The lowest BCUT2D eigenvalue weighted by Crippen LogP contribution is -2.34. The molecule has 0 aliphatic heterocycles. The van der Waals surface area contributed by atoms with Crippen LogP contribution in [0.15, 0.2) is 42.7 Å². The number of carbonyl (C=O) groups excluding carboxylic acids is 1. The lowest BCUT2D eigenvalue weighted by atomic mass is 9.81. The van der Waals surface area contributed by atoms with Gasteiger partial charge in [-0.3, -0.25) is 4.79 Å². The van der Waals surface area contributed by atoms with Crippen molar-refractivity contribution in [2.45, 2.75) is 51.0 Å². The summed E-state index contributed by atoms with van der Waals surface area (Å²) >= 11 is 0. The van der Waals surface area contributed by atoms with E-state index in [0.717, 1.165) is 5.82 Å². The molecule has 0 saturated heterocycles. The van der Waals surface area contributed by atoms with Crippen LogP contribution in [0.1, 0.15) is 56.0 Å². The van der Waals surface area contributed by atoms with Gasteiger partial charge in [-0.25, -0.2) is 14.6 Å². The summed E-state index contributed by atoms with van der Waals surface area (Å²) in [6.45, 7) is 0. The third-order valence-electron chi connectivity index (χ3n) is 4.92. The van der Waals surface area contributed by atoms with Gasteiger partial charge in [-0.1, -0.05) is 49.6 Å². The molecule has 4 N–H and O–H groups in total. The van der Waals surface area contributed by atoms with Crippen molar-refractivity contribution in [3.05, 3.63) is 54.1 Å². The third kappa shape index (κ3) is 7.77. The van der Waals surface area contributed by atoms with E-state index >= 15 is 0 Å². The highest BCUT2D eigenvalue weighted by Gasteiger charge is 2.26. The number of aryl methyl sites for hydroxylation is 1. The molecule has 1 heterocycles. The Hall–Kier alpha value is -3.16. The number of hydrogen-bond acceptors (Lipinski definition) is 4. The van der Waals surface area contributed by atoms with Crippen molar-refractivity contribution in [3.63, 3.8) is 0 Å². The first kappa shape index (κ1) is 22.1. The van der Waals surface area contributed by atoms with Crippen molar-refractivity contribution in [1.82, 2.24) is 15.3 Å². The molecule has 8 heteroatoms. The standard InChI is InChI=1S/C19H25N3O.C2H2O4/c23-18(12-11-17-20-13-14-21-17)22-19(15-7-3-1-4-8-15)16-9-5-2-6-10-16;3-1(4)2(5)6/h1,3-4,7-8,13-14,16,19H,2,5-6,9-12H2,(H,20,21)(H,22,23);(H,3,4)(H,5,6). The van der Waals surface area contributed by atoms with Crippen LogP contribution < -0.4 is 5.32 Å². The van der Waals surface area contributed by atoms with Crippen LogP contribution in [0.3, 0.4) is 0 Å². The lowest BCUT2D eigenvalue weighted by Gasteiger charge is -2.31. The molecule has 2 aromatic rings. The molecule has 1 atom stereocenters. The number of nitrogens with one attached hydrogen (secondary N) is 2. The summed E-state index contributed by atoms with van der Waals surface area (Å²) in [5, 5.41) is 18.1. The van der Waals surface area contributed by atoms with Crippen LogP contribution >= 0.6 is 0 Å². The maximum absolute atomic E-state index is 12.4. The van der Waals surface area contributed by atoms with Crippen LogP contribution in [-0.4, -0.2) is 38.0 Å². The highest BCUT2D eigenvalue weighted by atomic mass is 16.4. The van der Waals surface area contributed by atoms with E-state index in [1.165, 1.54) is 37.7 Å². The van der Waals surface area contributed by atoms with Gasteiger partial charge in [0, 0.05) is 25.2 Å². The highest BCUT2D eigenvalue weighted by Crippen LogP contribution is 2.34. The van der Waals surface area contributed by atoms with Gasteiger partial charge in [-0.05, 0) is 24.3 Å². The maximum Gasteiger partial charge on any atom is 0.414 e. The molecule has 1 fully saturated rings. The number of nitrogens with zero attached hydrogens (tertiary/aromatic N) is 1. The predicted molar refractivity (Wildman–Crippen MR) is 106 cm³/mol. The van der Waals surface area contributed by atoms with Crippen LogP contribution in [-0.2, 0) is 20.8 Å².